The highest BCUT2D eigenvalue weighted by Crippen LogP contribution is 2.51. The quantitative estimate of drug-likeness (QED) is 0.702. The molecule has 148 valence electrons. The minimum absolute atomic E-state index is 0.527. The lowest BCUT2D eigenvalue weighted by atomic mass is 9.87. The third-order valence-corrected chi connectivity index (χ3v) is 6.85. The number of rotatable bonds is 4. The Balaban J connectivity index is 1.31. The largest absolute Gasteiger partial charge is 0.355 e. The Hall–Kier alpha value is -2.37. The molecule has 1 spiro atoms. The fourth-order valence-electron chi connectivity index (χ4n) is 4.99. The van der Waals surface area contributed by atoms with Crippen LogP contribution in [-0.2, 0) is 6.42 Å². The molecule has 3 aromatic rings. The van der Waals surface area contributed by atoms with Crippen LogP contribution < -0.4 is 4.90 Å². The van der Waals surface area contributed by atoms with Crippen molar-refractivity contribution >= 4 is 16.9 Å². The zero-order valence-electron chi connectivity index (χ0n) is 16.5. The predicted molar refractivity (Wildman–Crippen MR) is 111 cm³/mol. The van der Waals surface area contributed by atoms with Crippen molar-refractivity contribution in [3.63, 3.8) is 0 Å². The van der Waals surface area contributed by atoms with Gasteiger partial charge in [-0.3, -0.25) is 0 Å². The molecule has 28 heavy (non-hydrogen) atoms. The van der Waals surface area contributed by atoms with Crippen molar-refractivity contribution in [3.05, 3.63) is 36.8 Å². The molecule has 3 aromatic heterocycles. The maximum absolute atomic E-state index is 4.70. The summed E-state index contributed by atoms with van der Waals surface area (Å²) in [5, 5.41) is 1.16. The minimum Gasteiger partial charge on any atom is -0.355 e. The number of anilines is 1. The zero-order chi connectivity index (χ0) is 18.8. The van der Waals surface area contributed by atoms with Gasteiger partial charge in [0.1, 0.15) is 17.8 Å². The Morgan fingerprint density at radius 2 is 2.04 bits per heavy atom. The smallest absolute Gasteiger partial charge is 0.142 e. The van der Waals surface area contributed by atoms with Crippen LogP contribution in [0.4, 0.5) is 5.82 Å². The summed E-state index contributed by atoms with van der Waals surface area (Å²) in [6.07, 6.45) is 19.2. The van der Waals surface area contributed by atoms with Gasteiger partial charge in [0.15, 0.2) is 0 Å². The van der Waals surface area contributed by atoms with E-state index in [0.29, 0.717) is 5.41 Å². The zero-order valence-corrected chi connectivity index (χ0v) is 16.5. The van der Waals surface area contributed by atoms with Gasteiger partial charge in [0, 0.05) is 31.2 Å². The van der Waals surface area contributed by atoms with Crippen molar-refractivity contribution in [2.45, 2.75) is 57.8 Å². The fraction of sp³-hybridized carbons (Fsp3) is 0.591. The molecule has 0 aromatic carbocycles. The van der Waals surface area contributed by atoms with E-state index >= 15 is 0 Å². The second kappa shape index (κ2) is 7.57. The first kappa shape index (κ1) is 17.7. The van der Waals surface area contributed by atoms with Crippen LogP contribution in [0, 0.1) is 11.3 Å². The van der Waals surface area contributed by atoms with Gasteiger partial charge in [0.2, 0.25) is 0 Å². The highest BCUT2D eigenvalue weighted by atomic mass is 15.2. The van der Waals surface area contributed by atoms with Gasteiger partial charge in [-0.2, -0.15) is 0 Å². The molecule has 5 rings (SSSR count). The SMILES string of the molecule is c1nc(N2CCCC(CCc3cnc[nH]3)CCCC3(CC3)C2)c2cc[nH]c2n1. The number of aromatic amines is 2. The van der Waals surface area contributed by atoms with Crippen molar-refractivity contribution in [2.75, 3.05) is 18.0 Å². The molecule has 6 heteroatoms. The number of nitrogens with one attached hydrogen (secondary N) is 2. The summed E-state index contributed by atoms with van der Waals surface area (Å²) in [6.45, 7) is 2.25. The van der Waals surface area contributed by atoms with Crippen LogP contribution in [0.2, 0.25) is 0 Å². The Kier molecular flexibility index (Phi) is 4.79. The normalized spacial score (nSPS) is 22.6. The van der Waals surface area contributed by atoms with Gasteiger partial charge in [-0.15, -0.1) is 0 Å². The van der Waals surface area contributed by atoms with E-state index in [-0.39, 0.29) is 0 Å². The number of aromatic nitrogens is 5. The standard InChI is InChI=1S/C22H30N6/c1-3-17(5-6-18-13-23-15-25-18)4-2-12-28(14-22(8-1)9-10-22)21-19-7-11-24-20(19)26-16-27-21/h7,11,13,15-17H,1-6,8-10,12,14H2,(H,23,25)(H,24,26,27). The fourth-order valence-corrected chi connectivity index (χ4v) is 4.99. The van der Waals surface area contributed by atoms with E-state index in [4.69, 9.17) is 4.98 Å². The molecule has 0 amide bonds. The number of fused-ring (bicyclic) bond motifs is 1. The molecule has 1 saturated carbocycles. The average molecular weight is 379 g/mol. The Morgan fingerprint density at radius 3 is 2.89 bits per heavy atom. The van der Waals surface area contributed by atoms with Crippen LogP contribution >= 0.6 is 0 Å². The molecule has 1 aliphatic heterocycles. The summed E-state index contributed by atoms with van der Waals surface area (Å²) in [4.78, 5) is 22.3. The first-order valence-corrected chi connectivity index (χ1v) is 10.8. The Labute approximate surface area is 166 Å². The lowest BCUT2D eigenvalue weighted by molar-refractivity contribution is 0.340. The van der Waals surface area contributed by atoms with E-state index in [2.05, 4.69) is 30.9 Å². The van der Waals surface area contributed by atoms with Crippen molar-refractivity contribution < 1.29 is 0 Å². The van der Waals surface area contributed by atoms with E-state index in [1.165, 1.54) is 57.1 Å². The van der Waals surface area contributed by atoms with Crippen molar-refractivity contribution in [1.29, 1.82) is 0 Å². The van der Waals surface area contributed by atoms with Crippen molar-refractivity contribution in [2.24, 2.45) is 11.3 Å². The second-order valence-corrected chi connectivity index (χ2v) is 8.87. The lowest BCUT2D eigenvalue weighted by Gasteiger charge is -2.31. The molecule has 1 saturated heterocycles. The molecule has 1 aliphatic carbocycles. The average Bonchev–Trinajstić information content (AvgIpc) is 3.13. The Bertz CT molecular complexity index is 895. The second-order valence-electron chi connectivity index (χ2n) is 8.87. The molecule has 2 aliphatic rings. The summed E-state index contributed by atoms with van der Waals surface area (Å²) >= 11 is 0. The van der Waals surface area contributed by atoms with Crippen LogP contribution in [0.5, 0.6) is 0 Å². The van der Waals surface area contributed by atoms with Crippen LogP contribution in [-0.4, -0.2) is 38.0 Å². The van der Waals surface area contributed by atoms with Crippen molar-refractivity contribution in [3.8, 4) is 0 Å². The summed E-state index contributed by atoms with van der Waals surface area (Å²) in [7, 11) is 0. The third-order valence-electron chi connectivity index (χ3n) is 6.85. The summed E-state index contributed by atoms with van der Waals surface area (Å²) in [5.41, 5.74) is 2.75. The number of aryl methyl sites for hydroxylation is 1. The molecule has 2 fully saturated rings. The molecule has 1 atom stereocenters. The molecule has 0 bridgehead atoms. The van der Waals surface area contributed by atoms with Gasteiger partial charge < -0.3 is 14.9 Å². The summed E-state index contributed by atoms with van der Waals surface area (Å²) in [6, 6.07) is 2.12. The van der Waals surface area contributed by atoms with Gasteiger partial charge in [-0.05, 0) is 62.3 Å². The molecular formula is C22H30N6. The first-order valence-electron chi connectivity index (χ1n) is 10.8. The molecule has 6 nitrogen and oxygen atoms in total. The number of nitrogens with zero attached hydrogens (tertiary/aromatic N) is 4. The minimum atomic E-state index is 0.527. The molecule has 0 radical (unpaired) electrons. The number of H-pyrrole nitrogens is 2. The van der Waals surface area contributed by atoms with E-state index in [1.807, 2.05) is 12.4 Å². The molecule has 1 unspecified atom stereocenters. The van der Waals surface area contributed by atoms with Gasteiger partial charge in [0.05, 0.1) is 11.7 Å². The van der Waals surface area contributed by atoms with Gasteiger partial charge in [-0.1, -0.05) is 12.8 Å². The van der Waals surface area contributed by atoms with Crippen molar-refractivity contribution in [1.82, 2.24) is 24.9 Å². The highest BCUT2D eigenvalue weighted by Gasteiger charge is 2.43. The van der Waals surface area contributed by atoms with Crippen LogP contribution in [0.3, 0.4) is 0 Å². The molecule has 4 heterocycles. The molecule has 2 N–H and O–H groups in total. The first-order chi connectivity index (χ1) is 13.8. The monoisotopic (exact) mass is 378 g/mol. The summed E-state index contributed by atoms with van der Waals surface area (Å²) < 4.78 is 0. The van der Waals surface area contributed by atoms with E-state index in [9.17, 15) is 0 Å². The van der Waals surface area contributed by atoms with Gasteiger partial charge in [0.25, 0.3) is 0 Å². The predicted octanol–water partition coefficient (Wildman–Crippen LogP) is 4.48. The molecular weight excluding hydrogens is 348 g/mol. The van der Waals surface area contributed by atoms with Crippen LogP contribution in [0.1, 0.15) is 57.1 Å². The number of hydrogen-bond acceptors (Lipinski definition) is 4. The van der Waals surface area contributed by atoms with E-state index in [1.54, 1.807) is 12.7 Å². The number of hydrogen-bond donors (Lipinski definition) is 2. The Morgan fingerprint density at radius 1 is 1.11 bits per heavy atom. The van der Waals surface area contributed by atoms with Crippen LogP contribution in [0.15, 0.2) is 31.1 Å². The van der Waals surface area contributed by atoms with Gasteiger partial charge >= 0.3 is 0 Å². The third kappa shape index (κ3) is 3.77. The highest BCUT2D eigenvalue weighted by molar-refractivity contribution is 5.87. The maximum atomic E-state index is 4.70. The van der Waals surface area contributed by atoms with Crippen LogP contribution in [0.25, 0.3) is 11.0 Å². The topological polar surface area (TPSA) is 73.5 Å². The maximum Gasteiger partial charge on any atom is 0.142 e. The van der Waals surface area contributed by atoms with Gasteiger partial charge in [-0.25, -0.2) is 15.0 Å². The number of imidazole rings is 1. The van der Waals surface area contributed by atoms with E-state index in [0.717, 1.165) is 42.3 Å². The summed E-state index contributed by atoms with van der Waals surface area (Å²) in [5.74, 6) is 1.93. The van der Waals surface area contributed by atoms with E-state index < -0.39 is 0 Å². The lowest BCUT2D eigenvalue weighted by Crippen LogP contribution is -2.33.